The third-order valence-electron chi connectivity index (χ3n) is 2.12. The van der Waals surface area contributed by atoms with Crippen LogP contribution in [0, 0.1) is 5.82 Å². The topological polar surface area (TPSA) is 55.1 Å². The van der Waals surface area contributed by atoms with Gasteiger partial charge in [-0.15, -0.1) is 0 Å². The summed E-state index contributed by atoms with van der Waals surface area (Å²) in [5.41, 5.74) is 6.97. The number of carbonyl (C=O) groups excluding carboxylic acids is 1. The first-order valence-electron chi connectivity index (χ1n) is 4.04. The summed E-state index contributed by atoms with van der Waals surface area (Å²) >= 11 is 0. The van der Waals surface area contributed by atoms with Gasteiger partial charge in [-0.1, -0.05) is 0 Å². The van der Waals surface area contributed by atoms with Gasteiger partial charge in [-0.25, -0.2) is 4.39 Å². The molecule has 1 aromatic rings. The maximum Gasteiger partial charge on any atom is 0.224 e. The quantitative estimate of drug-likeness (QED) is 0.591. The molecule has 0 saturated heterocycles. The Morgan fingerprint density at radius 2 is 2.15 bits per heavy atom. The zero-order valence-electron chi connectivity index (χ0n) is 6.93. The molecule has 4 heteroatoms. The average Bonchev–Trinajstić information content (AvgIpc) is 2.08. The average molecular weight is 180 g/mol. The fourth-order valence-corrected chi connectivity index (χ4v) is 1.42. The van der Waals surface area contributed by atoms with E-state index in [0.717, 1.165) is 5.56 Å². The van der Waals surface area contributed by atoms with Crippen LogP contribution in [0.2, 0.25) is 0 Å². The van der Waals surface area contributed by atoms with E-state index in [9.17, 15) is 9.18 Å². The van der Waals surface area contributed by atoms with Crippen molar-refractivity contribution in [3.8, 4) is 0 Å². The highest BCUT2D eigenvalue weighted by Gasteiger charge is 2.16. The molecule has 2 rings (SSSR count). The fraction of sp³-hybridized carbons (Fsp3) is 0.222. The van der Waals surface area contributed by atoms with Gasteiger partial charge in [-0.3, -0.25) is 4.79 Å². The van der Waals surface area contributed by atoms with Gasteiger partial charge in [0, 0.05) is 12.1 Å². The molecule has 1 aliphatic heterocycles. The number of hydrogen-bond donors (Lipinski definition) is 2. The Bertz CT molecular complexity index is 376. The molecule has 3 nitrogen and oxygen atoms in total. The molecule has 0 saturated carbocycles. The Balaban J connectivity index is 2.49. The number of nitrogens with one attached hydrogen (secondary N) is 1. The summed E-state index contributed by atoms with van der Waals surface area (Å²) < 4.78 is 13.0. The molecule has 0 unspecified atom stereocenters. The van der Waals surface area contributed by atoms with Crippen LogP contribution in [0.4, 0.5) is 15.8 Å². The van der Waals surface area contributed by atoms with Crippen molar-refractivity contribution >= 4 is 17.3 Å². The molecule has 3 N–H and O–H groups in total. The number of nitrogens with two attached hydrogens (primary N) is 1. The first kappa shape index (κ1) is 8.04. The highest BCUT2D eigenvalue weighted by atomic mass is 19.1. The van der Waals surface area contributed by atoms with Gasteiger partial charge in [-0.05, 0) is 24.1 Å². The largest absolute Gasteiger partial charge is 0.396 e. The molecular formula is C9H9FN2O. The highest BCUT2D eigenvalue weighted by molar-refractivity contribution is 5.94. The SMILES string of the molecule is Nc1cc2c(cc1F)NC(=O)CC2. The van der Waals surface area contributed by atoms with Gasteiger partial charge >= 0.3 is 0 Å². The van der Waals surface area contributed by atoms with Gasteiger partial charge < -0.3 is 11.1 Å². The first-order valence-corrected chi connectivity index (χ1v) is 4.04. The normalized spacial score (nSPS) is 15.0. The second kappa shape index (κ2) is 2.73. The van der Waals surface area contributed by atoms with Crippen molar-refractivity contribution in [3.63, 3.8) is 0 Å². The minimum Gasteiger partial charge on any atom is -0.396 e. The first-order chi connectivity index (χ1) is 6.16. The molecule has 1 aromatic carbocycles. The van der Waals surface area contributed by atoms with Crippen molar-refractivity contribution < 1.29 is 9.18 Å². The van der Waals surface area contributed by atoms with Crippen molar-refractivity contribution in [2.45, 2.75) is 12.8 Å². The summed E-state index contributed by atoms with van der Waals surface area (Å²) in [6.07, 6.45) is 1.07. The minimum atomic E-state index is -0.485. The van der Waals surface area contributed by atoms with Crippen molar-refractivity contribution in [2.24, 2.45) is 0 Å². The monoisotopic (exact) mass is 180 g/mol. The number of anilines is 2. The Kier molecular flexibility index (Phi) is 1.69. The van der Waals surface area contributed by atoms with E-state index >= 15 is 0 Å². The molecule has 0 fully saturated rings. The molecule has 0 aromatic heterocycles. The third kappa shape index (κ3) is 1.35. The summed E-state index contributed by atoms with van der Waals surface area (Å²) in [6.45, 7) is 0. The molecule has 1 heterocycles. The number of amides is 1. The molecule has 0 radical (unpaired) electrons. The molecule has 1 amide bonds. The number of fused-ring (bicyclic) bond motifs is 1. The van der Waals surface area contributed by atoms with Crippen LogP contribution < -0.4 is 11.1 Å². The van der Waals surface area contributed by atoms with Crippen molar-refractivity contribution in [1.82, 2.24) is 0 Å². The van der Waals surface area contributed by atoms with Crippen LogP contribution in [0.25, 0.3) is 0 Å². The summed E-state index contributed by atoms with van der Waals surface area (Å²) in [7, 11) is 0. The number of halogens is 1. The molecular weight excluding hydrogens is 171 g/mol. The van der Waals surface area contributed by atoms with Crippen LogP contribution in [-0.2, 0) is 11.2 Å². The van der Waals surface area contributed by atoms with Gasteiger partial charge in [0.2, 0.25) is 5.91 Å². The van der Waals surface area contributed by atoms with Crippen molar-refractivity contribution in [2.75, 3.05) is 11.1 Å². The summed E-state index contributed by atoms with van der Waals surface area (Å²) in [5.74, 6) is -0.558. The number of hydrogen-bond acceptors (Lipinski definition) is 2. The molecule has 0 bridgehead atoms. The zero-order chi connectivity index (χ0) is 9.42. The van der Waals surface area contributed by atoms with E-state index in [2.05, 4.69) is 5.32 Å². The second-order valence-electron chi connectivity index (χ2n) is 3.08. The standard InChI is InChI=1S/C9H9FN2O/c10-6-4-8-5(3-7(6)11)1-2-9(13)12-8/h3-4H,1-2,11H2,(H,12,13). The Morgan fingerprint density at radius 1 is 1.38 bits per heavy atom. The van der Waals surface area contributed by atoms with Gasteiger partial charge in [0.25, 0.3) is 0 Å². The number of rotatable bonds is 0. The molecule has 0 atom stereocenters. The minimum absolute atomic E-state index is 0.0725. The maximum atomic E-state index is 13.0. The van der Waals surface area contributed by atoms with E-state index in [0.29, 0.717) is 18.5 Å². The summed E-state index contributed by atoms with van der Waals surface area (Å²) in [6, 6.07) is 2.84. The maximum absolute atomic E-state index is 13.0. The second-order valence-corrected chi connectivity index (χ2v) is 3.08. The number of benzene rings is 1. The van der Waals surface area contributed by atoms with Gasteiger partial charge in [0.15, 0.2) is 0 Å². The molecule has 1 aliphatic rings. The lowest BCUT2D eigenvalue weighted by atomic mass is 10.0. The summed E-state index contributed by atoms with van der Waals surface area (Å²) in [5, 5.41) is 2.59. The van der Waals surface area contributed by atoms with E-state index in [1.54, 1.807) is 6.07 Å². The number of aryl methyl sites for hydroxylation is 1. The highest BCUT2D eigenvalue weighted by Crippen LogP contribution is 2.26. The van der Waals surface area contributed by atoms with E-state index < -0.39 is 5.82 Å². The van der Waals surface area contributed by atoms with E-state index in [1.807, 2.05) is 0 Å². The predicted molar refractivity (Wildman–Crippen MR) is 47.8 cm³/mol. The summed E-state index contributed by atoms with van der Waals surface area (Å²) in [4.78, 5) is 11.0. The molecule has 0 spiro atoms. The van der Waals surface area contributed by atoms with Gasteiger partial charge in [-0.2, -0.15) is 0 Å². The van der Waals surface area contributed by atoms with Gasteiger partial charge in [0.05, 0.1) is 5.69 Å². The Morgan fingerprint density at radius 3 is 2.92 bits per heavy atom. The smallest absolute Gasteiger partial charge is 0.224 e. The van der Waals surface area contributed by atoms with E-state index in [-0.39, 0.29) is 11.6 Å². The lowest BCUT2D eigenvalue weighted by molar-refractivity contribution is -0.116. The lowest BCUT2D eigenvalue weighted by Gasteiger charge is -2.17. The van der Waals surface area contributed by atoms with Crippen LogP contribution in [0.5, 0.6) is 0 Å². The van der Waals surface area contributed by atoms with E-state index in [4.69, 9.17) is 5.73 Å². The number of carbonyl (C=O) groups is 1. The van der Waals surface area contributed by atoms with Crippen molar-refractivity contribution in [1.29, 1.82) is 0 Å². The molecule has 68 valence electrons. The van der Waals surface area contributed by atoms with Gasteiger partial charge in [0.1, 0.15) is 5.82 Å². The van der Waals surface area contributed by atoms with Crippen LogP contribution in [-0.4, -0.2) is 5.91 Å². The van der Waals surface area contributed by atoms with Crippen LogP contribution in [0.3, 0.4) is 0 Å². The van der Waals surface area contributed by atoms with Crippen LogP contribution in [0.15, 0.2) is 12.1 Å². The fourth-order valence-electron chi connectivity index (χ4n) is 1.42. The predicted octanol–water partition coefficient (Wildman–Crippen LogP) is 1.29. The Hall–Kier alpha value is -1.58. The van der Waals surface area contributed by atoms with E-state index in [1.165, 1.54) is 6.07 Å². The van der Waals surface area contributed by atoms with Crippen LogP contribution >= 0.6 is 0 Å². The number of nitrogen functional groups attached to an aromatic ring is 1. The van der Waals surface area contributed by atoms with Crippen molar-refractivity contribution in [3.05, 3.63) is 23.5 Å². The Labute approximate surface area is 74.7 Å². The lowest BCUT2D eigenvalue weighted by Crippen LogP contribution is -2.19. The van der Waals surface area contributed by atoms with Crippen LogP contribution in [0.1, 0.15) is 12.0 Å². The molecule has 0 aliphatic carbocycles. The third-order valence-corrected chi connectivity index (χ3v) is 2.12. The zero-order valence-corrected chi connectivity index (χ0v) is 6.93. The molecule has 13 heavy (non-hydrogen) atoms.